The lowest BCUT2D eigenvalue weighted by molar-refractivity contribution is -0.139. The maximum atomic E-state index is 12.7. The van der Waals surface area contributed by atoms with Crippen molar-refractivity contribution in [2.45, 2.75) is 6.18 Å². The van der Waals surface area contributed by atoms with Crippen molar-refractivity contribution < 1.29 is 17.9 Å². The number of H-pyrrole nitrogens is 1. The molecule has 2 aromatic heterocycles. The molecule has 0 spiro atoms. The Morgan fingerprint density at radius 3 is 2.91 bits per heavy atom. The summed E-state index contributed by atoms with van der Waals surface area (Å²) in [5, 5.41) is 8.32. The molecule has 6 nitrogen and oxygen atoms in total. The zero-order valence-electron chi connectivity index (χ0n) is 10.9. The molecule has 0 radical (unpaired) electrons. The van der Waals surface area contributed by atoms with Crippen LogP contribution in [0.5, 0.6) is 5.88 Å². The summed E-state index contributed by atoms with van der Waals surface area (Å²) in [7, 11) is 0. The van der Waals surface area contributed by atoms with Crippen LogP contribution in [-0.2, 0) is 6.18 Å². The van der Waals surface area contributed by atoms with Gasteiger partial charge in [-0.05, 0) is 12.1 Å². The Hall–Kier alpha value is -2.29. The second-order valence-electron chi connectivity index (χ2n) is 4.06. The van der Waals surface area contributed by atoms with E-state index in [2.05, 4.69) is 20.5 Å². The first-order valence-corrected chi connectivity index (χ1v) is 6.39. The van der Waals surface area contributed by atoms with Crippen LogP contribution >= 0.6 is 11.6 Å². The molecule has 0 atom stereocenters. The van der Waals surface area contributed by atoms with Crippen molar-refractivity contribution in [1.29, 1.82) is 0 Å². The fraction of sp³-hybridized carbons (Fsp3) is 0.250. The molecular formula is C12H10ClF3N4O2. The number of nitrogens with one attached hydrogen (secondary N) is 2. The van der Waals surface area contributed by atoms with Gasteiger partial charge in [0.05, 0.1) is 11.9 Å². The van der Waals surface area contributed by atoms with Gasteiger partial charge in [-0.2, -0.15) is 18.3 Å². The standard InChI is InChI=1S/C12H10ClF3N4O2/c13-9-8(6-19-20-10(9)21)17-4-5-22-11-7(12(14,15)16)2-1-3-18-11/h1-3,6H,4-5H2,(H2,17,20,21). The maximum Gasteiger partial charge on any atom is 0.421 e. The number of aromatic amines is 1. The zero-order valence-corrected chi connectivity index (χ0v) is 11.7. The van der Waals surface area contributed by atoms with Crippen LogP contribution in [0.25, 0.3) is 0 Å². The van der Waals surface area contributed by atoms with Gasteiger partial charge in [0.1, 0.15) is 17.2 Å². The van der Waals surface area contributed by atoms with Crippen molar-refractivity contribution in [1.82, 2.24) is 15.2 Å². The van der Waals surface area contributed by atoms with Crippen LogP contribution in [0.4, 0.5) is 18.9 Å². The molecule has 10 heteroatoms. The van der Waals surface area contributed by atoms with Gasteiger partial charge in [0.2, 0.25) is 5.88 Å². The minimum absolute atomic E-state index is 0.0937. The SMILES string of the molecule is O=c1[nH]ncc(NCCOc2ncccc2C(F)(F)F)c1Cl. The largest absolute Gasteiger partial charge is 0.475 e. The zero-order chi connectivity index (χ0) is 16.2. The Morgan fingerprint density at radius 2 is 2.18 bits per heavy atom. The molecule has 2 rings (SSSR count). The fourth-order valence-electron chi connectivity index (χ4n) is 1.56. The van der Waals surface area contributed by atoms with Crippen LogP contribution in [-0.4, -0.2) is 28.3 Å². The normalized spacial score (nSPS) is 11.3. The van der Waals surface area contributed by atoms with E-state index >= 15 is 0 Å². The van der Waals surface area contributed by atoms with E-state index in [0.717, 1.165) is 6.07 Å². The molecule has 0 unspecified atom stereocenters. The summed E-state index contributed by atoms with van der Waals surface area (Å²) in [6, 6.07) is 2.06. The van der Waals surface area contributed by atoms with E-state index in [1.54, 1.807) is 0 Å². The Labute approximate surface area is 127 Å². The first-order chi connectivity index (χ1) is 10.4. The van der Waals surface area contributed by atoms with Gasteiger partial charge >= 0.3 is 6.18 Å². The number of anilines is 1. The van der Waals surface area contributed by atoms with Crippen LogP contribution < -0.4 is 15.6 Å². The van der Waals surface area contributed by atoms with Gasteiger partial charge in [0.15, 0.2) is 0 Å². The molecule has 0 aliphatic carbocycles. The summed E-state index contributed by atoms with van der Waals surface area (Å²) >= 11 is 5.73. The molecule has 0 saturated carbocycles. The topological polar surface area (TPSA) is 79.9 Å². The van der Waals surface area contributed by atoms with Gasteiger partial charge < -0.3 is 10.1 Å². The molecular weight excluding hydrogens is 325 g/mol. The molecule has 2 heterocycles. The minimum Gasteiger partial charge on any atom is -0.475 e. The predicted molar refractivity (Wildman–Crippen MR) is 73.1 cm³/mol. The number of pyridine rings is 1. The van der Waals surface area contributed by atoms with Gasteiger partial charge in [-0.25, -0.2) is 10.1 Å². The third-order valence-electron chi connectivity index (χ3n) is 2.53. The summed E-state index contributed by atoms with van der Waals surface area (Å²) in [6.07, 6.45) is -2.06. The van der Waals surface area contributed by atoms with Crippen LogP contribution in [0, 0.1) is 0 Å². The Balaban J connectivity index is 1.95. The molecule has 0 amide bonds. The Kier molecular flexibility index (Phi) is 4.86. The maximum absolute atomic E-state index is 12.7. The average molecular weight is 335 g/mol. The molecule has 2 N–H and O–H groups in total. The van der Waals surface area contributed by atoms with Gasteiger partial charge in [0.25, 0.3) is 5.56 Å². The number of halogens is 4. The first kappa shape index (κ1) is 16.1. The summed E-state index contributed by atoms with van der Waals surface area (Å²) in [6.45, 7) is 0.00193. The van der Waals surface area contributed by atoms with Crippen LogP contribution in [0.2, 0.25) is 5.02 Å². The lowest BCUT2D eigenvalue weighted by Gasteiger charge is -2.13. The second-order valence-corrected chi connectivity index (χ2v) is 4.43. The summed E-state index contributed by atoms with van der Waals surface area (Å²) in [5.74, 6) is -0.507. The number of alkyl halides is 3. The molecule has 0 fully saturated rings. The first-order valence-electron chi connectivity index (χ1n) is 6.01. The molecule has 0 aromatic carbocycles. The lowest BCUT2D eigenvalue weighted by Crippen LogP contribution is -2.17. The van der Waals surface area contributed by atoms with Gasteiger partial charge in [-0.15, -0.1) is 0 Å². The summed E-state index contributed by atoms with van der Waals surface area (Å²) in [5.41, 5.74) is -1.27. The monoisotopic (exact) mass is 334 g/mol. The van der Waals surface area contributed by atoms with E-state index in [9.17, 15) is 18.0 Å². The van der Waals surface area contributed by atoms with Gasteiger partial charge in [-0.1, -0.05) is 11.6 Å². The van der Waals surface area contributed by atoms with Gasteiger partial charge in [-0.3, -0.25) is 4.79 Å². The third-order valence-corrected chi connectivity index (χ3v) is 2.90. The highest BCUT2D eigenvalue weighted by Crippen LogP contribution is 2.34. The van der Waals surface area contributed by atoms with Crippen LogP contribution in [0.1, 0.15) is 5.56 Å². The van der Waals surface area contributed by atoms with Crippen molar-refractivity contribution in [2.75, 3.05) is 18.5 Å². The van der Waals surface area contributed by atoms with E-state index < -0.39 is 23.2 Å². The number of aromatic nitrogens is 3. The predicted octanol–water partition coefficient (Wildman–Crippen LogP) is 2.33. The average Bonchev–Trinajstić information content (AvgIpc) is 2.47. The molecule has 22 heavy (non-hydrogen) atoms. The van der Waals surface area contributed by atoms with Gasteiger partial charge in [0, 0.05) is 12.7 Å². The highest BCUT2D eigenvalue weighted by atomic mass is 35.5. The number of rotatable bonds is 5. The fourth-order valence-corrected chi connectivity index (χ4v) is 1.72. The smallest absolute Gasteiger partial charge is 0.421 e. The number of ether oxygens (including phenoxy) is 1. The second kappa shape index (κ2) is 6.65. The summed E-state index contributed by atoms with van der Waals surface area (Å²) < 4.78 is 43.2. The van der Waals surface area contributed by atoms with Crippen LogP contribution in [0.15, 0.2) is 29.3 Å². The minimum atomic E-state index is -4.54. The molecule has 2 aromatic rings. The quantitative estimate of drug-likeness (QED) is 0.820. The van der Waals surface area contributed by atoms with Crippen molar-refractivity contribution in [2.24, 2.45) is 0 Å². The molecule has 0 aliphatic rings. The number of hydrogen-bond acceptors (Lipinski definition) is 5. The Bertz CT molecular complexity index is 705. The number of nitrogens with zero attached hydrogens (tertiary/aromatic N) is 2. The van der Waals surface area contributed by atoms with Crippen molar-refractivity contribution in [3.05, 3.63) is 45.5 Å². The van der Waals surface area contributed by atoms with E-state index in [1.165, 1.54) is 18.5 Å². The van der Waals surface area contributed by atoms with E-state index in [0.29, 0.717) is 0 Å². The van der Waals surface area contributed by atoms with E-state index in [1.807, 2.05) is 0 Å². The lowest BCUT2D eigenvalue weighted by atomic mass is 10.2. The third kappa shape index (κ3) is 3.88. The molecule has 0 saturated heterocycles. The van der Waals surface area contributed by atoms with Crippen molar-refractivity contribution in [3.8, 4) is 5.88 Å². The molecule has 118 valence electrons. The van der Waals surface area contributed by atoms with Crippen LogP contribution in [0.3, 0.4) is 0 Å². The highest BCUT2D eigenvalue weighted by molar-refractivity contribution is 6.32. The number of hydrogen-bond donors (Lipinski definition) is 2. The Morgan fingerprint density at radius 1 is 1.41 bits per heavy atom. The van der Waals surface area contributed by atoms with E-state index in [-0.39, 0.29) is 23.9 Å². The summed E-state index contributed by atoms with van der Waals surface area (Å²) in [4.78, 5) is 14.8. The van der Waals surface area contributed by atoms with E-state index in [4.69, 9.17) is 16.3 Å². The van der Waals surface area contributed by atoms with Crippen molar-refractivity contribution >= 4 is 17.3 Å². The molecule has 0 bridgehead atoms. The molecule has 0 aliphatic heterocycles. The highest BCUT2D eigenvalue weighted by Gasteiger charge is 2.34. The van der Waals surface area contributed by atoms with Crippen molar-refractivity contribution in [3.63, 3.8) is 0 Å².